The summed E-state index contributed by atoms with van der Waals surface area (Å²) < 4.78 is 32.4. The normalized spacial score (nSPS) is 11.2. The molecule has 7 nitrogen and oxygen atoms in total. The van der Waals surface area contributed by atoms with Crippen LogP contribution in [0.2, 0.25) is 0 Å². The van der Waals surface area contributed by atoms with Gasteiger partial charge in [-0.25, -0.2) is 13.1 Å². The van der Waals surface area contributed by atoms with Gasteiger partial charge >= 0.3 is 0 Å². The minimum absolute atomic E-state index is 0.00724. The van der Waals surface area contributed by atoms with E-state index in [9.17, 15) is 18.5 Å². The second-order valence-corrected chi connectivity index (χ2v) is 7.06. The summed E-state index contributed by atoms with van der Waals surface area (Å²) in [6.45, 7) is 2.75. The second kappa shape index (κ2) is 8.59. The van der Waals surface area contributed by atoms with Crippen LogP contribution in [0.3, 0.4) is 0 Å². The van der Waals surface area contributed by atoms with Gasteiger partial charge < -0.3 is 4.74 Å². The summed E-state index contributed by atoms with van der Waals surface area (Å²) in [6.07, 6.45) is 1.29. The molecule has 0 saturated carbocycles. The average molecular weight is 364 g/mol. The number of aryl methyl sites for hydroxylation is 1. The summed E-state index contributed by atoms with van der Waals surface area (Å²) in [7, 11) is -3.68. The lowest BCUT2D eigenvalue weighted by Crippen LogP contribution is -2.25. The molecule has 2 rings (SSSR count). The van der Waals surface area contributed by atoms with Crippen molar-refractivity contribution in [2.24, 2.45) is 0 Å². The molecule has 0 aliphatic rings. The molecule has 0 aliphatic heterocycles. The van der Waals surface area contributed by atoms with Crippen molar-refractivity contribution in [3.63, 3.8) is 0 Å². The lowest BCUT2D eigenvalue weighted by molar-refractivity contribution is -0.384. The standard InChI is InChI=1S/C17H20N2O5S/c1-2-24-17-8-4-3-6-14(17)7-5-13-18-25(22,23)16-11-9-15(10-12-16)19(20)21/h3-4,6,8-12,18H,2,5,7,13H2,1H3. The Kier molecular flexibility index (Phi) is 6.49. The number of sulfonamides is 1. The number of nitrogens with one attached hydrogen (secondary N) is 1. The van der Waals surface area contributed by atoms with Crippen LogP contribution in [0, 0.1) is 10.1 Å². The van der Waals surface area contributed by atoms with Gasteiger partial charge in [0.1, 0.15) is 5.75 Å². The monoisotopic (exact) mass is 364 g/mol. The first-order chi connectivity index (χ1) is 11.9. The Bertz CT molecular complexity index is 819. The van der Waals surface area contributed by atoms with Crippen molar-refractivity contribution in [1.29, 1.82) is 0 Å². The Morgan fingerprint density at radius 1 is 1.12 bits per heavy atom. The van der Waals surface area contributed by atoms with E-state index < -0.39 is 14.9 Å². The fourth-order valence-electron chi connectivity index (χ4n) is 2.32. The van der Waals surface area contributed by atoms with Crippen LogP contribution < -0.4 is 9.46 Å². The predicted molar refractivity (Wildman–Crippen MR) is 94.2 cm³/mol. The number of rotatable bonds is 9. The van der Waals surface area contributed by atoms with Crippen LogP contribution in [0.15, 0.2) is 53.4 Å². The van der Waals surface area contributed by atoms with Crippen LogP contribution >= 0.6 is 0 Å². The molecule has 1 N–H and O–H groups in total. The molecule has 0 aromatic heterocycles. The van der Waals surface area contributed by atoms with E-state index in [-0.39, 0.29) is 17.1 Å². The molecule has 0 aliphatic carbocycles. The molecule has 2 aromatic rings. The summed E-state index contributed by atoms with van der Waals surface area (Å²) >= 11 is 0. The number of nitrogens with zero attached hydrogens (tertiary/aromatic N) is 1. The number of hydrogen-bond acceptors (Lipinski definition) is 5. The van der Waals surface area contributed by atoms with E-state index in [1.54, 1.807) is 0 Å². The molecule has 0 saturated heterocycles. The van der Waals surface area contributed by atoms with Crippen molar-refractivity contribution < 1.29 is 18.1 Å². The molecule has 0 amide bonds. The van der Waals surface area contributed by atoms with E-state index >= 15 is 0 Å². The Labute approximate surface area is 146 Å². The van der Waals surface area contributed by atoms with Crippen LogP contribution in [-0.4, -0.2) is 26.5 Å². The van der Waals surface area contributed by atoms with Crippen LogP contribution in [-0.2, 0) is 16.4 Å². The topological polar surface area (TPSA) is 98.5 Å². The molecule has 25 heavy (non-hydrogen) atoms. The molecule has 0 bridgehead atoms. The smallest absolute Gasteiger partial charge is 0.269 e. The van der Waals surface area contributed by atoms with Gasteiger partial charge in [0.2, 0.25) is 10.0 Å². The quantitative estimate of drug-likeness (QED) is 0.419. The van der Waals surface area contributed by atoms with Crippen LogP contribution in [0.5, 0.6) is 5.75 Å². The molecule has 0 radical (unpaired) electrons. The molecule has 0 spiro atoms. The van der Waals surface area contributed by atoms with Crippen molar-refractivity contribution in [3.05, 3.63) is 64.2 Å². The Morgan fingerprint density at radius 2 is 1.80 bits per heavy atom. The second-order valence-electron chi connectivity index (χ2n) is 5.29. The maximum Gasteiger partial charge on any atom is 0.269 e. The zero-order valence-electron chi connectivity index (χ0n) is 13.8. The highest BCUT2D eigenvalue weighted by molar-refractivity contribution is 7.89. The van der Waals surface area contributed by atoms with E-state index in [4.69, 9.17) is 4.74 Å². The molecule has 0 heterocycles. The number of benzene rings is 2. The van der Waals surface area contributed by atoms with Gasteiger partial charge in [-0.05, 0) is 43.5 Å². The average Bonchev–Trinajstić information content (AvgIpc) is 2.60. The number of ether oxygens (including phenoxy) is 1. The lowest BCUT2D eigenvalue weighted by atomic mass is 10.1. The lowest BCUT2D eigenvalue weighted by Gasteiger charge is -2.10. The Hall–Kier alpha value is -2.45. The van der Waals surface area contributed by atoms with Crippen molar-refractivity contribution in [2.45, 2.75) is 24.7 Å². The summed E-state index contributed by atoms with van der Waals surface area (Å²) in [6, 6.07) is 12.5. The highest BCUT2D eigenvalue weighted by Gasteiger charge is 2.15. The van der Waals surface area contributed by atoms with E-state index in [1.807, 2.05) is 31.2 Å². The van der Waals surface area contributed by atoms with Gasteiger partial charge in [0.05, 0.1) is 16.4 Å². The van der Waals surface area contributed by atoms with Gasteiger partial charge in [-0.1, -0.05) is 18.2 Å². The fraction of sp³-hybridized carbons (Fsp3) is 0.294. The van der Waals surface area contributed by atoms with Gasteiger partial charge in [-0.15, -0.1) is 0 Å². The zero-order valence-corrected chi connectivity index (χ0v) is 14.7. The zero-order chi connectivity index (χ0) is 18.3. The molecule has 0 fully saturated rings. The van der Waals surface area contributed by atoms with Crippen molar-refractivity contribution in [2.75, 3.05) is 13.2 Å². The minimum atomic E-state index is -3.68. The third-order valence-electron chi connectivity index (χ3n) is 3.55. The highest BCUT2D eigenvalue weighted by atomic mass is 32.2. The number of non-ortho nitro benzene ring substituents is 1. The van der Waals surface area contributed by atoms with E-state index in [1.165, 1.54) is 24.3 Å². The summed E-state index contributed by atoms with van der Waals surface area (Å²) in [4.78, 5) is 10.0. The summed E-state index contributed by atoms with van der Waals surface area (Å²) in [5.41, 5.74) is 0.880. The van der Waals surface area contributed by atoms with Gasteiger partial charge in [0.15, 0.2) is 0 Å². The first-order valence-electron chi connectivity index (χ1n) is 7.89. The maximum absolute atomic E-state index is 12.2. The molecule has 2 aromatic carbocycles. The third-order valence-corrected chi connectivity index (χ3v) is 5.02. The first-order valence-corrected chi connectivity index (χ1v) is 9.37. The van der Waals surface area contributed by atoms with Crippen molar-refractivity contribution >= 4 is 15.7 Å². The van der Waals surface area contributed by atoms with Crippen molar-refractivity contribution in [3.8, 4) is 5.75 Å². The maximum atomic E-state index is 12.2. The largest absolute Gasteiger partial charge is 0.494 e. The highest BCUT2D eigenvalue weighted by Crippen LogP contribution is 2.19. The number of nitro groups is 1. The van der Waals surface area contributed by atoms with E-state index in [0.717, 1.165) is 11.3 Å². The molecule has 0 unspecified atom stereocenters. The first kappa shape index (κ1) is 18.9. The van der Waals surface area contributed by atoms with Crippen LogP contribution in [0.4, 0.5) is 5.69 Å². The fourth-order valence-corrected chi connectivity index (χ4v) is 3.40. The van der Waals surface area contributed by atoms with Crippen LogP contribution in [0.25, 0.3) is 0 Å². The third kappa shape index (κ3) is 5.27. The SMILES string of the molecule is CCOc1ccccc1CCCNS(=O)(=O)c1ccc([N+](=O)[O-])cc1. The summed E-state index contributed by atoms with van der Waals surface area (Å²) in [5.74, 6) is 0.809. The van der Waals surface area contributed by atoms with Gasteiger partial charge in [-0.3, -0.25) is 10.1 Å². The summed E-state index contributed by atoms with van der Waals surface area (Å²) in [5, 5.41) is 10.6. The number of hydrogen-bond donors (Lipinski definition) is 1. The van der Waals surface area contributed by atoms with Crippen molar-refractivity contribution in [1.82, 2.24) is 4.72 Å². The molecule has 0 atom stereocenters. The van der Waals surface area contributed by atoms with Gasteiger partial charge in [0, 0.05) is 18.7 Å². The van der Waals surface area contributed by atoms with E-state index in [2.05, 4.69) is 4.72 Å². The van der Waals surface area contributed by atoms with Crippen LogP contribution in [0.1, 0.15) is 18.9 Å². The number of para-hydroxylation sites is 1. The molecule has 134 valence electrons. The van der Waals surface area contributed by atoms with Gasteiger partial charge in [-0.2, -0.15) is 0 Å². The van der Waals surface area contributed by atoms with Gasteiger partial charge in [0.25, 0.3) is 5.69 Å². The Balaban J connectivity index is 1.91. The minimum Gasteiger partial charge on any atom is -0.494 e. The Morgan fingerprint density at radius 3 is 2.44 bits per heavy atom. The van der Waals surface area contributed by atoms with E-state index in [0.29, 0.717) is 19.4 Å². The molecule has 8 heteroatoms. The molecular formula is C17H20N2O5S. The molecular weight excluding hydrogens is 344 g/mol. The predicted octanol–water partition coefficient (Wildman–Crippen LogP) is 2.90. The number of nitro benzene ring substituents is 1.